The van der Waals surface area contributed by atoms with Gasteiger partial charge >= 0.3 is 0 Å². The van der Waals surface area contributed by atoms with Gasteiger partial charge in [-0.15, -0.1) is 0 Å². The number of hydrogen-bond donors (Lipinski definition) is 1. The molecule has 3 rings (SSSR count). The number of carbonyl (C=O) groups is 1. The van der Waals surface area contributed by atoms with Gasteiger partial charge in [0, 0.05) is 24.5 Å². The van der Waals surface area contributed by atoms with Crippen molar-refractivity contribution >= 4 is 21.6 Å². The third-order valence-electron chi connectivity index (χ3n) is 4.59. The number of aryl methyl sites for hydroxylation is 2. The molecule has 1 fully saturated rings. The number of hydrogen-bond acceptors (Lipinski definition) is 4. The molecule has 26 heavy (non-hydrogen) atoms. The molecule has 0 spiro atoms. The average Bonchev–Trinajstić information content (AvgIpc) is 2.93. The Kier molecular flexibility index (Phi) is 5.15. The standard InChI is InChI=1S/C18H24N4O3S/c1-13-10-14(2)22(20-13)17-8-4-7-16(11-17)19-18(23)15-6-5-9-21(12-15)26(3,24)25/h4,7-8,10-11,15H,5-6,9,12H2,1-3H3,(H,19,23)/t15-/m1/s1. The zero-order valence-corrected chi connectivity index (χ0v) is 16.1. The first-order valence-corrected chi connectivity index (χ1v) is 10.5. The van der Waals surface area contributed by atoms with Gasteiger partial charge in [-0.3, -0.25) is 4.79 Å². The van der Waals surface area contributed by atoms with Crippen LogP contribution in [0.3, 0.4) is 0 Å². The Morgan fingerprint density at radius 2 is 2.04 bits per heavy atom. The van der Waals surface area contributed by atoms with Gasteiger partial charge in [-0.05, 0) is 51.0 Å². The number of benzene rings is 1. The number of nitrogens with one attached hydrogen (secondary N) is 1. The highest BCUT2D eigenvalue weighted by Crippen LogP contribution is 2.22. The molecule has 1 amide bonds. The van der Waals surface area contributed by atoms with Crippen molar-refractivity contribution in [2.24, 2.45) is 5.92 Å². The number of amides is 1. The molecule has 0 bridgehead atoms. The maximum absolute atomic E-state index is 12.6. The van der Waals surface area contributed by atoms with E-state index in [-0.39, 0.29) is 18.4 Å². The molecule has 0 radical (unpaired) electrons. The minimum Gasteiger partial charge on any atom is -0.326 e. The highest BCUT2D eigenvalue weighted by Gasteiger charge is 2.30. The summed E-state index contributed by atoms with van der Waals surface area (Å²) >= 11 is 0. The number of aromatic nitrogens is 2. The van der Waals surface area contributed by atoms with E-state index in [1.165, 1.54) is 10.6 Å². The highest BCUT2D eigenvalue weighted by atomic mass is 32.2. The summed E-state index contributed by atoms with van der Waals surface area (Å²) in [7, 11) is -3.27. The Morgan fingerprint density at radius 1 is 1.27 bits per heavy atom. The second-order valence-corrected chi connectivity index (χ2v) is 8.82. The van der Waals surface area contributed by atoms with Crippen LogP contribution in [-0.2, 0) is 14.8 Å². The maximum Gasteiger partial charge on any atom is 0.228 e. The van der Waals surface area contributed by atoms with Crippen LogP contribution in [0.2, 0.25) is 0 Å². The van der Waals surface area contributed by atoms with E-state index < -0.39 is 10.0 Å². The number of sulfonamides is 1. The molecular formula is C18H24N4O3S. The van der Waals surface area contributed by atoms with Gasteiger partial charge in [-0.1, -0.05) is 6.07 Å². The number of nitrogens with zero attached hydrogens (tertiary/aromatic N) is 3. The Bertz CT molecular complexity index is 920. The van der Waals surface area contributed by atoms with Crippen molar-refractivity contribution in [3.05, 3.63) is 41.7 Å². The second-order valence-electron chi connectivity index (χ2n) is 6.84. The molecule has 1 saturated heterocycles. The van der Waals surface area contributed by atoms with Gasteiger partial charge in [0.15, 0.2) is 0 Å². The summed E-state index contributed by atoms with van der Waals surface area (Å²) in [6, 6.07) is 9.48. The predicted molar refractivity (Wildman–Crippen MR) is 101 cm³/mol. The van der Waals surface area contributed by atoms with E-state index in [0.717, 1.165) is 17.1 Å². The van der Waals surface area contributed by atoms with Crippen LogP contribution in [0.5, 0.6) is 0 Å². The van der Waals surface area contributed by atoms with Crippen LogP contribution in [0.1, 0.15) is 24.2 Å². The van der Waals surface area contributed by atoms with Crippen molar-refractivity contribution in [1.29, 1.82) is 0 Å². The van der Waals surface area contributed by atoms with Crippen LogP contribution in [0.25, 0.3) is 5.69 Å². The van der Waals surface area contributed by atoms with Gasteiger partial charge in [-0.2, -0.15) is 5.10 Å². The maximum atomic E-state index is 12.6. The fraction of sp³-hybridized carbons (Fsp3) is 0.444. The topological polar surface area (TPSA) is 84.3 Å². The van der Waals surface area contributed by atoms with Gasteiger partial charge in [0.2, 0.25) is 15.9 Å². The molecule has 2 aromatic rings. The van der Waals surface area contributed by atoms with Crippen LogP contribution in [-0.4, -0.2) is 47.8 Å². The lowest BCUT2D eigenvalue weighted by molar-refractivity contribution is -0.120. The van der Waals surface area contributed by atoms with Crippen molar-refractivity contribution in [3.8, 4) is 5.69 Å². The van der Waals surface area contributed by atoms with Crippen molar-refractivity contribution in [3.63, 3.8) is 0 Å². The molecule has 7 nitrogen and oxygen atoms in total. The Labute approximate surface area is 154 Å². The summed E-state index contributed by atoms with van der Waals surface area (Å²) in [6.07, 6.45) is 2.57. The summed E-state index contributed by atoms with van der Waals surface area (Å²) < 4.78 is 26.7. The molecule has 2 heterocycles. The first-order valence-electron chi connectivity index (χ1n) is 8.64. The van der Waals surface area contributed by atoms with E-state index in [0.29, 0.717) is 25.1 Å². The molecule has 1 aliphatic rings. The van der Waals surface area contributed by atoms with Crippen LogP contribution >= 0.6 is 0 Å². The predicted octanol–water partition coefficient (Wildman–Crippen LogP) is 2.10. The minimum atomic E-state index is -3.27. The molecule has 1 N–H and O–H groups in total. The van der Waals surface area contributed by atoms with Gasteiger partial charge in [0.25, 0.3) is 0 Å². The number of rotatable bonds is 4. The number of carbonyl (C=O) groups excluding carboxylic acids is 1. The van der Waals surface area contributed by atoms with Gasteiger partial charge < -0.3 is 5.32 Å². The van der Waals surface area contributed by atoms with Crippen molar-refractivity contribution in [1.82, 2.24) is 14.1 Å². The molecule has 1 aromatic heterocycles. The summed E-state index contributed by atoms with van der Waals surface area (Å²) in [6.45, 7) is 4.64. The van der Waals surface area contributed by atoms with Gasteiger partial charge in [-0.25, -0.2) is 17.4 Å². The zero-order valence-electron chi connectivity index (χ0n) is 15.3. The van der Waals surface area contributed by atoms with Crippen molar-refractivity contribution in [2.45, 2.75) is 26.7 Å². The molecule has 8 heteroatoms. The van der Waals surface area contributed by atoms with E-state index in [2.05, 4.69) is 10.4 Å². The summed E-state index contributed by atoms with van der Waals surface area (Å²) in [5.41, 5.74) is 3.49. The minimum absolute atomic E-state index is 0.149. The van der Waals surface area contributed by atoms with Crippen molar-refractivity contribution in [2.75, 3.05) is 24.7 Å². The first kappa shape index (κ1) is 18.6. The van der Waals surface area contributed by atoms with Crippen LogP contribution < -0.4 is 5.32 Å². The number of piperidine rings is 1. The SMILES string of the molecule is Cc1cc(C)n(-c2cccc(NC(=O)[C@@H]3CCCN(S(C)(=O)=O)C3)c2)n1. The van der Waals surface area contributed by atoms with Crippen LogP contribution in [0.15, 0.2) is 30.3 Å². The van der Waals surface area contributed by atoms with E-state index in [9.17, 15) is 13.2 Å². The smallest absolute Gasteiger partial charge is 0.228 e. The third kappa shape index (κ3) is 4.13. The molecule has 1 atom stereocenters. The van der Waals surface area contributed by atoms with E-state index in [1.54, 1.807) is 0 Å². The normalized spacial score (nSPS) is 18.7. The van der Waals surface area contributed by atoms with Crippen LogP contribution in [0.4, 0.5) is 5.69 Å². The van der Waals surface area contributed by atoms with E-state index in [4.69, 9.17) is 0 Å². The van der Waals surface area contributed by atoms with Crippen molar-refractivity contribution < 1.29 is 13.2 Å². The monoisotopic (exact) mass is 376 g/mol. The Morgan fingerprint density at radius 3 is 2.69 bits per heavy atom. The lowest BCUT2D eigenvalue weighted by Crippen LogP contribution is -2.43. The fourth-order valence-electron chi connectivity index (χ4n) is 3.31. The lowest BCUT2D eigenvalue weighted by Gasteiger charge is -2.30. The molecular weight excluding hydrogens is 352 g/mol. The average molecular weight is 376 g/mol. The Hall–Kier alpha value is -2.19. The Balaban J connectivity index is 1.74. The summed E-state index contributed by atoms with van der Waals surface area (Å²) in [5.74, 6) is -0.486. The summed E-state index contributed by atoms with van der Waals surface area (Å²) in [5, 5.41) is 7.38. The quantitative estimate of drug-likeness (QED) is 0.886. The highest BCUT2D eigenvalue weighted by molar-refractivity contribution is 7.88. The molecule has 1 aliphatic heterocycles. The first-order chi connectivity index (χ1) is 12.2. The third-order valence-corrected chi connectivity index (χ3v) is 5.86. The molecule has 1 aromatic carbocycles. The van der Waals surface area contributed by atoms with E-state index >= 15 is 0 Å². The fourth-order valence-corrected chi connectivity index (χ4v) is 4.22. The molecule has 0 aliphatic carbocycles. The van der Waals surface area contributed by atoms with Crippen LogP contribution in [0, 0.1) is 19.8 Å². The molecule has 140 valence electrons. The van der Waals surface area contributed by atoms with E-state index in [1.807, 2.05) is 48.9 Å². The number of anilines is 1. The van der Waals surface area contributed by atoms with Gasteiger partial charge in [0.1, 0.15) is 0 Å². The molecule has 0 unspecified atom stereocenters. The summed E-state index contributed by atoms with van der Waals surface area (Å²) in [4.78, 5) is 12.6. The largest absolute Gasteiger partial charge is 0.326 e. The van der Waals surface area contributed by atoms with Gasteiger partial charge in [0.05, 0.1) is 23.6 Å². The zero-order chi connectivity index (χ0) is 18.9. The molecule has 0 saturated carbocycles. The second kappa shape index (κ2) is 7.20. The lowest BCUT2D eigenvalue weighted by atomic mass is 9.98.